The quantitative estimate of drug-likeness (QED) is 0.404. The first-order valence-corrected chi connectivity index (χ1v) is 13.4. The molecule has 1 saturated heterocycles. The van der Waals surface area contributed by atoms with Gasteiger partial charge in [0, 0.05) is 63.5 Å². The molecule has 1 aliphatic rings. The van der Waals surface area contributed by atoms with Gasteiger partial charge >= 0.3 is 0 Å². The fourth-order valence-electron chi connectivity index (χ4n) is 3.74. The minimum atomic E-state index is -4.40. The number of hydrogen-bond donors (Lipinski definition) is 4. The largest absolute Gasteiger partial charge is 0.508 e. The highest BCUT2D eigenvalue weighted by Gasteiger charge is 2.20. The van der Waals surface area contributed by atoms with Gasteiger partial charge in [-0.15, -0.1) is 0 Å². The van der Waals surface area contributed by atoms with E-state index in [-0.39, 0.29) is 34.4 Å². The highest BCUT2D eigenvalue weighted by Crippen LogP contribution is 2.25. The van der Waals surface area contributed by atoms with Crippen molar-refractivity contribution in [3.05, 3.63) is 47.5 Å². The second-order valence-electron chi connectivity index (χ2n) is 8.39. The van der Waals surface area contributed by atoms with Gasteiger partial charge in [-0.25, -0.2) is 0 Å². The van der Waals surface area contributed by atoms with E-state index >= 15 is 0 Å². The third-order valence-electron chi connectivity index (χ3n) is 5.81. The molecule has 0 spiro atoms. The summed E-state index contributed by atoms with van der Waals surface area (Å²) in [6, 6.07) is 7.23. The van der Waals surface area contributed by atoms with Crippen molar-refractivity contribution in [1.29, 1.82) is 0 Å². The van der Waals surface area contributed by atoms with Gasteiger partial charge < -0.3 is 15.1 Å². The van der Waals surface area contributed by atoms with Crippen LogP contribution in [0.1, 0.15) is 11.1 Å². The van der Waals surface area contributed by atoms with Crippen LogP contribution < -0.4 is 0 Å². The molecule has 3 rings (SSSR count). The molecule has 34 heavy (non-hydrogen) atoms. The van der Waals surface area contributed by atoms with Gasteiger partial charge in [-0.1, -0.05) is 0 Å². The van der Waals surface area contributed by atoms with Gasteiger partial charge in [-0.05, 0) is 43.4 Å². The van der Waals surface area contributed by atoms with Crippen molar-refractivity contribution < 1.29 is 36.2 Å². The van der Waals surface area contributed by atoms with Crippen LogP contribution in [0, 0.1) is 0 Å². The molecule has 0 atom stereocenters. The van der Waals surface area contributed by atoms with Crippen LogP contribution in [0.4, 0.5) is 0 Å². The lowest BCUT2D eigenvalue weighted by Gasteiger charge is -2.26. The fraction of sp³-hybridized carbons (Fsp3) is 0.429. The van der Waals surface area contributed by atoms with Crippen LogP contribution in [0.5, 0.6) is 11.5 Å². The van der Waals surface area contributed by atoms with Gasteiger partial charge in [-0.3, -0.25) is 18.9 Å². The summed E-state index contributed by atoms with van der Waals surface area (Å²) >= 11 is 0. The SMILES string of the molecule is CN1CCN(Cc2cc(S(=O)(=O)O)ccc2O)CCN(Cc2cc(S(=O)(=O)O)ccc2O)CC1. The summed E-state index contributed by atoms with van der Waals surface area (Å²) < 4.78 is 64.6. The number of aromatic hydroxyl groups is 2. The third kappa shape index (κ3) is 7.12. The summed E-state index contributed by atoms with van der Waals surface area (Å²) in [5.74, 6) is -0.158. The summed E-state index contributed by atoms with van der Waals surface area (Å²) in [5.41, 5.74) is 0.726. The van der Waals surface area contributed by atoms with E-state index in [0.717, 1.165) is 25.2 Å². The zero-order valence-electron chi connectivity index (χ0n) is 18.7. The summed E-state index contributed by atoms with van der Waals surface area (Å²) in [6.45, 7) is 4.31. The first-order chi connectivity index (χ1) is 15.8. The molecule has 1 fully saturated rings. The molecular weight excluding hydrogens is 486 g/mol. The Labute approximate surface area is 199 Å². The molecule has 2 aromatic carbocycles. The van der Waals surface area contributed by atoms with Crippen LogP contribution in [0.15, 0.2) is 46.2 Å². The number of rotatable bonds is 6. The molecule has 0 unspecified atom stereocenters. The highest BCUT2D eigenvalue weighted by atomic mass is 32.2. The van der Waals surface area contributed by atoms with Crippen molar-refractivity contribution in [2.75, 3.05) is 46.3 Å². The van der Waals surface area contributed by atoms with Crippen LogP contribution in [-0.2, 0) is 33.3 Å². The molecule has 0 saturated carbocycles. The first kappa shape index (κ1) is 26.3. The van der Waals surface area contributed by atoms with Crippen molar-refractivity contribution in [3.63, 3.8) is 0 Å². The average Bonchev–Trinajstić information content (AvgIpc) is 2.82. The minimum Gasteiger partial charge on any atom is -0.508 e. The van der Waals surface area contributed by atoms with E-state index in [0.29, 0.717) is 37.3 Å². The smallest absolute Gasteiger partial charge is 0.294 e. The Morgan fingerprint density at radius 1 is 0.676 bits per heavy atom. The second kappa shape index (κ2) is 10.6. The standard InChI is InChI=1S/C21H29N3O8S2/c1-22-6-8-23(14-16-12-18(33(27,28)29)2-4-20(16)25)10-11-24(9-7-22)15-17-13-19(34(30,31)32)3-5-21(17)26/h2-5,12-13,25-26H,6-11,14-15H2,1H3,(H,27,28,29)(H,30,31,32). The summed E-state index contributed by atoms with van der Waals surface area (Å²) in [4.78, 5) is 5.59. The van der Waals surface area contributed by atoms with Crippen LogP contribution in [0.2, 0.25) is 0 Å². The molecule has 0 amide bonds. The molecule has 2 aromatic rings. The number of hydrogen-bond acceptors (Lipinski definition) is 9. The van der Waals surface area contributed by atoms with Gasteiger partial charge in [0.2, 0.25) is 0 Å². The van der Waals surface area contributed by atoms with Gasteiger partial charge in [0.1, 0.15) is 11.5 Å². The second-order valence-corrected chi connectivity index (χ2v) is 11.2. The predicted octanol–water partition coefficient (Wildman–Crippen LogP) is 0.841. The maximum atomic E-state index is 11.5. The van der Waals surface area contributed by atoms with E-state index in [2.05, 4.69) is 4.90 Å². The van der Waals surface area contributed by atoms with Crippen molar-refractivity contribution in [2.24, 2.45) is 0 Å². The Morgan fingerprint density at radius 2 is 1.03 bits per heavy atom. The molecule has 4 N–H and O–H groups in total. The molecular formula is C21H29N3O8S2. The van der Waals surface area contributed by atoms with Crippen LogP contribution >= 0.6 is 0 Å². The summed E-state index contributed by atoms with van der Waals surface area (Å²) in [5, 5.41) is 20.4. The molecule has 1 heterocycles. The Morgan fingerprint density at radius 3 is 1.38 bits per heavy atom. The fourth-order valence-corrected chi connectivity index (χ4v) is 4.80. The van der Waals surface area contributed by atoms with E-state index in [1.54, 1.807) is 0 Å². The van der Waals surface area contributed by atoms with E-state index in [4.69, 9.17) is 0 Å². The maximum absolute atomic E-state index is 11.5. The van der Waals surface area contributed by atoms with Gasteiger partial charge in [0.15, 0.2) is 0 Å². The lowest BCUT2D eigenvalue weighted by molar-refractivity contribution is 0.206. The molecule has 0 radical (unpaired) electrons. The van der Waals surface area contributed by atoms with Gasteiger partial charge in [0.25, 0.3) is 20.2 Å². The number of phenols is 2. The van der Waals surface area contributed by atoms with Crippen LogP contribution in [0.25, 0.3) is 0 Å². The minimum absolute atomic E-state index is 0.0792. The summed E-state index contributed by atoms with van der Waals surface area (Å²) in [7, 11) is -6.85. The Balaban J connectivity index is 1.78. The third-order valence-corrected chi connectivity index (χ3v) is 7.51. The molecule has 11 nitrogen and oxygen atoms in total. The Bertz CT molecular complexity index is 1140. The van der Waals surface area contributed by atoms with E-state index in [1.165, 1.54) is 24.3 Å². The van der Waals surface area contributed by atoms with Gasteiger partial charge in [-0.2, -0.15) is 16.8 Å². The lowest BCUT2D eigenvalue weighted by Crippen LogP contribution is -2.35. The van der Waals surface area contributed by atoms with Crippen molar-refractivity contribution >= 4 is 20.2 Å². The zero-order valence-corrected chi connectivity index (χ0v) is 20.3. The molecule has 0 aromatic heterocycles. The van der Waals surface area contributed by atoms with Crippen LogP contribution in [-0.4, -0.2) is 97.2 Å². The Hall–Kier alpha value is -2.26. The molecule has 13 heteroatoms. The maximum Gasteiger partial charge on any atom is 0.294 e. The highest BCUT2D eigenvalue weighted by molar-refractivity contribution is 7.86. The zero-order chi connectivity index (χ0) is 25.1. The van der Waals surface area contributed by atoms with Crippen molar-refractivity contribution in [3.8, 4) is 11.5 Å². The molecule has 188 valence electrons. The number of phenolic OH excluding ortho intramolecular Hbond substituents is 2. The van der Waals surface area contributed by atoms with Crippen molar-refractivity contribution in [2.45, 2.75) is 22.9 Å². The number of likely N-dealkylation sites (N-methyl/N-ethyl adjacent to an activating group) is 1. The van der Waals surface area contributed by atoms with E-state index in [9.17, 15) is 36.2 Å². The van der Waals surface area contributed by atoms with E-state index < -0.39 is 20.2 Å². The molecule has 0 bridgehead atoms. The summed E-state index contributed by atoms with van der Waals surface area (Å²) in [6.07, 6.45) is 0. The first-order valence-electron chi connectivity index (χ1n) is 10.5. The van der Waals surface area contributed by atoms with E-state index in [1.807, 2.05) is 16.8 Å². The normalized spacial score (nSPS) is 17.7. The molecule has 0 aliphatic carbocycles. The Kier molecular flexibility index (Phi) is 8.18. The topological polar surface area (TPSA) is 159 Å². The monoisotopic (exact) mass is 515 g/mol. The molecule has 1 aliphatic heterocycles. The van der Waals surface area contributed by atoms with Crippen molar-refractivity contribution in [1.82, 2.24) is 14.7 Å². The lowest BCUT2D eigenvalue weighted by atomic mass is 10.1. The number of nitrogens with zero attached hydrogens (tertiary/aromatic N) is 3. The predicted molar refractivity (Wildman–Crippen MR) is 124 cm³/mol. The van der Waals surface area contributed by atoms with Gasteiger partial charge in [0.05, 0.1) is 9.79 Å². The average molecular weight is 516 g/mol. The van der Waals surface area contributed by atoms with Crippen LogP contribution in [0.3, 0.4) is 0 Å². The number of benzene rings is 2.